The molecular formula is C8HF15O2Pd. The van der Waals surface area contributed by atoms with Crippen molar-refractivity contribution in [2.75, 3.05) is 0 Å². The van der Waals surface area contributed by atoms with Crippen LogP contribution in [0.15, 0.2) is 0 Å². The maximum absolute atomic E-state index is 12.8. The molecule has 18 heteroatoms. The minimum Gasteiger partial charge on any atom is -0.477 e. The summed E-state index contributed by atoms with van der Waals surface area (Å²) < 4.78 is 187. The first-order valence-electron chi connectivity index (χ1n) is 5.01. The summed E-state index contributed by atoms with van der Waals surface area (Å²) in [7, 11) is 0. The molecule has 2 nitrogen and oxygen atoms in total. The monoisotopic (exact) mass is 520 g/mol. The van der Waals surface area contributed by atoms with Gasteiger partial charge in [0.05, 0.1) is 0 Å². The largest absolute Gasteiger partial charge is 0.477 e. The van der Waals surface area contributed by atoms with Crippen LogP contribution in [0.5, 0.6) is 0 Å². The fraction of sp³-hybridized carbons (Fsp3) is 0.875. The summed E-state index contributed by atoms with van der Waals surface area (Å²) in [6, 6.07) is 0. The van der Waals surface area contributed by atoms with Gasteiger partial charge in [0, 0.05) is 20.4 Å². The molecule has 0 aromatic heterocycles. The molecule has 0 aliphatic heterocycles. The predicted molar refractivity (Wildman–Crippen MR) is 43.4 cm³/mol. The van der Waals surface area contributed by atoms with Crippen molar-refractivity contribution in [3.8, 4) is 0 Å². The fourth-order valence-corrected chi connectivity index (χ4v) is 1.10. The summed E-state index contributed by atoms with van der Waals surface area (Å²) in [5, 5.41) is 7.57. The van der Waals surface area contributed by atoms with Crippen LogP contribution in [0.4, 0.5) is 65.9 Å². The Balaban J connectivity index is 0. The van der Waals surface area contributed by atoms with E-state index >= 15 is 0 Å². The van der Waals surface area contributed by atoms with Gasteiger partial charge in [-0.05, 0) is 0 Å². The third kappa shape index (κ3) is 3.22. The smallest absolute Gasteiger partial charge is 0.460 e. The molecule has 0 unspecified atom stereocenters. The first-order valence-corrected chi connectivity index (χ1v) is 5.01. The number of carbonyl (C=O) groups is 1. The maximum atomic E-state index is 12.8. The summed E-state index contributed by atoms with van der Waals surface area (Å²) in [6.07, 6.45) is -7.69. The van der Waals surface area contributed by atoms with E-state index in [0.29, 0.717) is 0 Å². The summed E-state index contributed by atoms with van der Waals surface area (Å²) in [5.74, 6) is -52.8. The zero-order chi connectivity index (χ0) is 21.1. The Hall–Kier alpha value is -0.918. The van der Waals surface area contributed by atoms with E-state index in [-0.39, 0.29) is 20.4 Å². The molecule has 0 aliphatic rings. The van der Waals surface area contributed by atoms with Crippen LogP contribution in [0.25, 0.3) is 0 Å². The molecule has 1 N–H and O–H groups in total. The second kappa shape index (κ2) is 6.60. The number of halogens is 15. The number of rotatable bonds is 6. The van der Waals surface area contributed by atoms with Crippen LogP contribution in [0, 0.1) is 0 Å². The average molecular weight is 520 g/mol. The molecule has 160 valence electrons. The molecule has 0 saturated heterocycles. The zero-order valence-electron chi connectivity index (χ0n) is 10.8. The topological polar surface area (TPSA) is 37.3 Å². The molecule has 0 fully saturated rings. The van der Waals surface area contributed by atoms with Crippen LogP contribution in [-0.4, -0.2) is 52.8 Å². The Morgan fingerprint density at radius 1 is 0.500 bits per heavy atom. The predicted octanol–water partition coefficient (Wildman–Crippen LogP) is 4.44. The minimum absolute atomic E-state index is 0. The molecular weight excluding hydrogens is 519 g/mol. The standard InChI is InChI=1S/C8HF15O2.Pd/c9-2(10,1(24)25)3(11,12)4(13,14)5(15,16)6(17,18)7(19,20)8(21,22)23;/h(H,24,25);. The van der Waals surface area contributed by atoms with Crippen molar-refractivity contribution in [1.82, 2.24) is 0 Å². The van der Waals surface area contributed by atoms with Gasteiger partial charge < -0.3 is 5.11 Å². The van der Waals surface area contributed by atoms with Gasteiger partial charge in [-0.2, -0.15) is 65.9 Å². The molecule has 0 rings (SSSR count). The second-order valence-corrected chi connectivity index (χ2v) is 4.25. The first kappa shape index (κ1) is 27.3. The first-order chi connectivity index (χ1) is 10.4. The molecule has 0 aromatic rings. The van der Waals surface area contributed by atoms with Crippen LogP contribution in [0.1, 0.15) is 0 Å². The second-order valence-electron chi connectivity index (χ2n) is 4.25. The van der Waals surface area contributed by atoms with E-state index in [2.05, 4.69) is 0 Å². The number of aliphatic carboxylic acids is 1. The van der Waals surface area contributed by atoms with Gasteiger partial charge in [-0.3, -0.25) is 0 Å². The van der Waals surface area contributed by atoms with Crippen LogP contribution >= 0.6 is 0 Å². The van der Waals surface area contributed by atoms with Gasteiger partial charge in [-0.25, -0.2) is 4.79 Å². The van der Waals surface area contributed by atoms with Crippen LogP contribution in [0.3, 0.4) is 0 Å². The summed E-state index contributed by atoms with van der Waals surface area (Å²) in [4.78, 5) is 9.72. The van der Waals surface area contributed by atoms with Gasteiger partial charge in [0.2, 0.25) is 0 Å². The van der Waals surface area contributed by atoms with Gasteiger partial charge >= 0.3 is 47.7 Å². The Labute approximate surface area is 145 Å². The van der Waals surface area contributed by atoms with E-state index in [0.717, 1.165) is 0 Å². The maximum Gasteiger partial charge on any atom is 0.460 e. The molecule has 0 heterocycles. The normalized spacial score (nSPS) is 15.5. The van der Waals surface area contributed by atoms with Gasteiger partial charge in [0.25, 0.3) is 0 Å². The summed E-state index contributed by atoms with van der Waals surface area (Å²) in [5.41, 5.74) is 0. The van der Waals surface area contributed by atoms with Crippen LogP contribution in [-0.2, 0) is 25.2 Å². The van der Waals surface area contributed by atoms with Crippen molar-refractivity contribution in [1.29, 1.82) is 0 Å². The number of carboxylic acid groups (broad SMARTS) is 1. The Morgan fingerprint density at radius 2 is 0.731 bits per heavy atom. The minimum atomic E-state index is -8.47. The third-order valence-electron chi connectivity index (χ3n) is 2.60. The number of carboxylic acids is 1. The SMILES string of the molecule is O=C(O)C(F)(F)C(F)(F)C(F)(F)C(F)(F)C(F)(F)C(F)(F)C(F)(F)F.[Pd]. The Morgan fingerprint density at radius 3 is 0.962 bits per heavy atom. The number of alkyl halides is 15. The quantitative estimate of drug-likeness (QED) is 0.416. The molecule has 0 amide bonds. The van der Waals surface area contributed by atoms with Crippen molar-refractivity contribution < 1.29 is 96.2 Å². The molecule has 0 spiro atoms. The van der Waals surface area contributed by atoms with Crippen LogP contribution in [0.2, 0.25) is 0 Å². The van der Waals surface area contributed by atoms with E-state index < -0.39 is 47.7 Å². The zero-order valence-corrected chi connectivity index (χ0v) is 12.4. The van der Waals surface area contributed by atoms with Crippen molar-refractivity contribution in [3.63, 3.8) is 0 Å². The van der Waals surface area contributed by atoms with Crippen LogP contribution < -0.4 is 0 Å². The summed E-state index contributed by atoms with van der Waals surface area (Å²) in [6.45, 7) is 0. The van der Waals surface area contributed by atoms with E-state index in [1.807, 2.05) is 0 Å². The molecule has 0 radical (unpaired) electrons. The van der Waals surface area contributed by atoms with E-state index in [1.165, 1.54) is 0 Å². The average Bonchev–Trinajstić information content (AvgIpc) is 2.35. The third-order valence-corrected chi connectivity index (χ3v) is 2.60. The summed E-state index contributed by atoms with van der Waals surface area (Å²) >= 11 is 0. The fourth-order valence-electron chi connectivity index (χ4n) is 1.10. The Kier molecular flexibility index (Phi) is 6.93. The van der Waals surface area contributed by atoms with Gasteiger partial charge in [-0.1, -0.05) is 0 Å². The van der Waals surface area contributed by atoms with Crippen molar-refractivity contribution in [2.45, 2.75) is 41.7 Å². The van der Waals surface area contributed by atoms with Crippen molar-refractivity contribution in [2.24, 2.45) is 0 Å². The number of hydrogen-bond acceptors (Lipinski definition) is 1. The van der Waals surface area contributed by atoms with Crippen molar-refractivity contribution in [3.05, 3.63) is 0 Å². The number of hydrogen-bond donors (Lipinski definition) is 1. The molecule has 0 saturated carbocycles. The molecule has 0 aromatic carbocycles. The van der Waals surface area contributed by atoms with E-state index in [9.17, 15) is 70.7 Å². The van der Waals surface area contributed by atoms with Crippen molar-refractivity contribution >= 4 is 5.97 Å². The van der Waals surface area contributed by atoms with Gasteiger partial charge in [-0.15, -0.1) is 0 Å². The van der Waals surface area contributed by atoms with Gasteiger partial charge in [0.1, 0.15) is 0 Å². The Bertz CT molecular complexity index is 536. The molecule has 0 atom stereocenters. The van der Waals surface area contributed by atoms with E-state index in [4.69, 9.17) is 5.11 Å². The molecule has 26 heavy (non-hydrogen) atoms. The van der Waals surface area contributed by atoms with Gasteiger partial charge in [0.15, 0.2) is 0 Å². The van der Waals surface area contributed by atoms with E-state index in [1.54, 1.807) is 0 Å². The molecule has 0 aliphatic carbocycles. The molecule has 0 bridgehead atoms.